The number of aromatic nitrogens is 1. The normalized spacial score (nSPS) is 11.3. The molecule has 0 N–H and O–H groups in total. The molecule has 2 nitrogen and oxygen atoms in total. The molecule has 0 saturated heterocycles. The summed E-state index contributed by atoms with van der Waals surface area (Å²) in [7, 11) is 0. The molecular formula is C52H36N2. The molecule has 9 aromatic carbocycles. The van der Waals surface area contributed by atoms with Gasteiger partial charge in [-0.25, -0.2) is 0 Å². The molecule has 0 bridgehead atoms. The maximum absolute atomic E-state index is 2.40. The number of para-hydroxylation sites is 3. The summed E-state index contributed by atoms with van der Waals surface area (Å²) < 4.78 is 2.37. The van der Waals surface area contributed by atoms with E-state index in [4.69, 9.17) is 0 Å². The Balaban J connectivity index is 1.09. The van der Waals surface area contributed by atoms with Crippen LogP contribution in [0.1, 0.15) is 0 Å². The molecule has 0 amide bonds. The van der Waals surface area contributed by atoms with Gasteiger partial charge >= 0.3 is 0 Å². The highest BCUT2D eigenvalue weighted by Gasteiger charge is 2.19. The molecule has 0 aliphatic rings. The van der Waals surface area contributed by atoms with E-state index in [1.54, 1.807) is 0 Å². The summed E-state index contributed by atoms with van der Waals surface area (Å²) in [6.45, 7) is 0. The number of hydrogen-bond acceptors (Lipinski definition) is 1. The van der Waals surface area contributed by atoms with Crippen molar-refractivity contribution in [2.75, 3.05) is 4.90 Å². The molecule has 0 spiro atoms. The third-order valence-corrected chi connectivity index (χ3v) is 10.6. The van der Waals surface area contributed by atoms with E-state index < -0.39 is 0 Å². The molecule has 0 aliphatic carbocycles. The summed E-state index contributed by atoms with van der Waals surface area (Å²) >= 11 is 0. The van der Waals surface area contributed by atoms with Crippen LogP contribution in [-0.2, 0) is 0 Å². The van der Waals surface area contributed by atoms with Crippen LogP contribution in [0.4, 0.5) is 17.1 Å². The van der Waals surface area contributed by atoms with E-state index in [0.717, 1.165) is 33.9 Å². The SMILES string of the molecule is c1ccc(-c2cccc(N(c3ccc(-c4ccc5ccccc5c4)cc3)c3ccccc3-c3ccc(-n4c5ccccc5c5ccccc54)cc3)c2)cc1. The minimum absolute atomic E-state index is 1.10. The molecule has 54 heavy (non-hydrogen) atoms. The van der Waals surface area contributed by atoms with Gasteiger partial charge in [0.25, 0.3) is 0 Å². The monoisotopic (exact) mass is 688 g/mol. The van der Waals surface area contributed by atoms with Crippen LogP contribution in [0.5, 0.6) is 0 Å². The highest BCUT2D eigenvalue weighted by Crippen LogP contribution is 2.43. The van der Waals surface area contributed by atoms with Crippen LogP contribution in [0.2, 0.25) is 0 Å². The molecule has 2 heteroatoms. The van der Waals surface area contributed by atoms with Crippen LogP contribution in [-0.4, -0.2) is 4.57 Å². The third-order valence-electron chi connectivity index (χ3n) is 10.6. The van der Waals surface area contributed by atoms with Gasteiger partial charge in [-0.1, -0.05) is 158 Å². The van der Waals surface area contributed by atoms with Gasteiger partial charge in [0.15, 0.2) is 0 Å². The molecule has 0 atom stereocenters. The minimum Gasteiger partial charge on any atom is -0.310 e. The van der Waals surface area contributed by atoms with Crippen LogP contribution < -0.4 is 4.90 Å². The van der Waals surface area contributed by atoms with Crippen LogP contribution in [0.3, 0.4) is 0 Å². The van der Waals surface area contributed by atoms with E-state index in [2.05, 4.69) is 228 Å². The molecule has 0 fully saturated rings. The average molecular weight is 689 g/mol. The number of anilines is 3. The fraction of sp³-hybridized carbons (Fsp3) is 0. The molecule has 254 valence electrons. The summed E-state index contributed by atoms with van der Waals surface area (Å²) in [6.07, 6.45) is 0. The Hall–Kier alpha value is -7.16. The maximum Gasteiger partial charge on any atom is 0.0541 e. The number of nitrogens with zero attached hydrogens (tertiary/aromatic N) is 2. The second-order valence-electron chi connectivity index (χ2n) is 13.8. The second-order valence-corrected chi connectivity index (χ2v) is 13.8. The van der Waals surface area contributed by atoms with Crippen molar-refractivity contribution >= 4 is 49.6 Å². The van der Waals surface area contributed by atoms with Crippen molar-refractivity contribution in [1.29, 1.82) is 0 Å². The van der Waals surface area contributed by atoms with Crippen molar-refractivity contribution in [3.63, 3.8) is 0 Å². The Morgan fingerprint density at radius 3 is 1.63 bits per heavy atom. The molecule has 0 radical (unpaired) electrons. The quantitative estimate of drug-likeness (QED) is 0.162. The first kappa shape index (κ1) is 31.6. The minimum atomic E-state index is 1.10. The Morgan fingerprint density at radius 1 is 0.315 bits per heavy atom. The third kappa shape index (κ3) is 5.62. The van der Waals surface area contributed by atoms with Gasteiger partial charge in [-0.05, 0) is 99.3 Å². The lowest BCUT2D eigenvalue weighted by Crippen LogP contribution is -2.11. The summed E-state index contributed by atoms with van der Waals surface area (Å²) in [6, 6.07) is 78.9. The molecule has 10 aromatic rings. The zero-order chi connectivity index (χ0) is 35.8. The van der Waals surface area contributed by atoms with E-state index >= 15 is 0 Å². The zero-order valence-electron chi connectivity index (χ0n) is 29.7. The first-order valence-corrected chi connectivity index (χ1v) is 18.5. The van der Waals surface area contributed by atoms with Crippen molar-refractivity contribution < 1.29 is 0 Å². The molecule has 0 saturated carbocycles. The molecule has 0 unspecified atom stereocenters. The highest BCUT2D eigenvalue weighted by atomic mass is 15.1. The Morgan fingerprint density at radius 2 is 0.870 bits per heavy atom. The number of fused-ring (bicyclic) bond motifs is 4. The topological polar surface area (TPSA) is 8.17 Å². The van der Waals surface area contributed by atoms with Crippen molar-refractivity contribution in [2.45, 2.75) is 0 Å². The Labute approximate surface area is 315 Å². The second kappa shape index (κ2) is 13.4. The highest BCUT2D eigenvalue weighted by molar-refractivity contribution is 6.09. The molecular weight excluding hydrogens is 653 g/mol. The van der Waals surface area contributed by atoms with Gasteiger partial charge in [-0.2, -0.15) is 0 Å². The van der Waals surface area contributed by atoms with Gasteiger partial charge in [0.2, 0.25) is 0 Å². The largest absolute Gasteiger partial charge is 0.310 e. The Bertz CT molecular complexity index is 2870. The van der Waals surface area contributed by atoms with Gasteiger partial charge in [-0.15, -0.1) is 0 Å². The zero-order valence-corrected chi connectivity index (χ0v) is 29.7. The van der Waals surface area contributed by atoms with Crippen LogP contribution in [0.15, 0.2) is 218 Å². The van der Waals surface area contributed by atoms with Gasteiger partial charge in [-0.3, -0.25) is 0 Å². The van der Waals surface area contributed by atoms with Crippen molar-refractivity contribution in [2.24, 2.45) is 0 Å². The van der Waals surface area contributed by atoms with Crippen molar-refractivity contribution in [3.05, 3.63) is 218 Å². The fourth-order valence-electron chi connectivity index (χ4n) is 7.96. The van der Waals surface area contributed by atoms with Crippen molar-refractivity contribution in [1.82, 2.24) is 4.57 Å². The van der Waals surface area contributed by atoms with Crippen molar-refractivity contribution in [3.8, 4) is 39.1 Å². The van der Waals surface area contributed by atoms with Gasteiger partial charge in [0, 0.05) is 33.4 Å². The summed E-state index contributed by atoms with van der Waals surface area (Å²) in [5.74, 6) is 0. The van der Waals surface area contributed by atoms with Gasteiger partial charge < -0.3 is 9.47 Å². The van der Waals surface area contributed by atoms with E-state index in [1.807, 2.05) is 0 Å². The lowest BCUT2D eigenvalue weighted by molar-refractivity contribution is 1.18. The van der Waals surface area contributed by atoms with Gasteiger partial charge in [0.1, 0.15) is 0 Å². The lowest BCUT2D eigenvalue weighted by Gasteiger charge is -2.28. The molecule has 0 aliphatic heterocycles. The van der Waals surface area contributed by atoms with E-state index in [9.17, 15) is 0 Å². The fourth-order valence-corrected chi connectivity index (χ4v) is 7.96. The van der Waals surface area contributed by atoms with Crippen LogP contribution in [0.25, 0.3) is 71.6 Å². The molecule has 10 rings (SSSR count). The average Bonchev–Trinajstić information content (AvgIpc) is 3.59. The first-order chi connectivity index (χ1) is 26.8. The Kier molecular flexibility index (Phi) is 7.85. The predicted octanol–water partition coefficient (Wildman–Crippen LogP) is 14.4. The first-order valence-electron chi connectivity index (χ1n) is 18.5. The molecule has 1 aromatic heterocycles. The number of benzene rings is 9. The van der Waals surface area contributed by atoms with E-state index in [0.29, 0.717) is 0 Å². The van der Waals surface area contributed by atoms with Crippen LogP contribution in [0, 0.1) is 0 Å². The summed E-state index contributed by atoms with van der Waals surface area (Å²) in [4.78, 5) is 2.40. The van der Waals surface area contributed by atoms with Gasteiger partial charge in [0.05, 0.1) is 16.7 Å². The standard InChI is InChI=1S/C52H36N2/c1-2-13-37(14-3-1)42-17-12-18-46(36-42)53(44-31-27-39(28-32-44)43-26-25-38-15-4-5-16-41(38)35-43)50-22-9-6-19-47(50)40-29-33-45(34-30-40)54-51-23-10-7-20-48(51)49-21-8-11-24-52(49)54/h1-36H. The smallest absolute Gasteiger partial charge is 0.0541 e. The summed E-state index contributed by atoms with van der Waals surface area (Å²) in [5, 5.41) is 5.03. The summed E-state index contributed by atoms with van der Waals surface area (Å²) in [5.41, 5.74) is 14.0. The van der Waals surface area contributed by atoms with E-state index in [1.165, 1.54) is 54.8 Å². The van der Waals surface area contributed by atoms with Crippen LogP contribution >= 0.6 is 0 Å². The predicted molar refractivity (Wildman–Crippen MR) is 229 cm³/mol. The molecule has 1 heterocycles. The number of hydrogen-bond donors (Lipinski definition) is 0. The maximum atomic E-state index is 2.40. The van der Waals surface area contributed by atoms with E-state index in [-0.39, 0.29) is 0 Å². The number of rotatable bonds is 7. The lowest BCUT2D eigenvalue weighted by atomic mass is 9.99.